The standard InChI is InChI=1S/C15H29N3O/c1-3-18-9-5-8-14(18)11-17(2)15(19)12-6-4-7-13(16)10-12/h12-14H,3-11,16H2,1-2H3/t12-,13-,14-/m1/s1. The summed E-state index contributed by atoms with van der Waals surface area (Å²) in [7, 11) is 1.97. The highest BCUT2D eigenvalue weighted by atomic mass is 16.2. The van der Waals surface area contributed by atoms with Crippen molar-refractivity contribution in [2.75, 3.05) is 26.7 Å². The molecule has 19 heavy (non-hydrogen) atoms. The van der Waals surface area contributed by atoms with Crippen molar-refractivity contribution < 1.29 is 4.79 Å². The number of carbonyl (C=O) groups excluding carboxylic acids is 1. The summed E-state index contributed by atoms with van der Waals surface area (Å²) < 4.78 is 0. The Bertz CT molecular complexity index is 308. The second-order valence-electron chi connectivity index (χ2n) is 6.27. The number of hydrogen-bond acceptors (Lipinski definition) is 3. The zero-order valence-corrected chi connectivity index (χ0v) is 12.5. The van der Waals surface area contributed by atoms with Gasteiger partial charge < -0.3 is 10.6 Å². The van der Waals surface area contributed by atoms with Crippen molar-refractivity contribution in [1.82, 2.24) is 9.80 Å². The van der Waals surface area contributed by atoms with E-state index in [9.17, 15) is 4.79 Å². The second-order valence-corrected chi connectivity index (χ2v) is 6.27. The fourth-order valence-corrected chi connectivity index (χ4v) is 3.69. The van der Waals surface area contributed by atoms with E-state index in [1.54, 1.807) is 0 Å². The van der Waals surface area contributed by atoms with Crippen LogP contribution in [0.3, 0.4) is 0 Å². The number of amides is 1. The Morgan fingerprint density at radius 2 is 2.11 bits per heavy atom. The van der Waals surface area contributed by atoms with Gasteiger partial charge in [0, 0.05) is 31.6 Å². The Kier molecular flexibility index (Phi) is 5.22. The molecule has 1 saturated heterocycles. The average Bonchev–Trinajstić information content (AvgIpc) is 2.85. The van der Waals surface area contributed by atoms with Gasteiger partial charge in [0.25, 0.3) is 0 Å². The molecule has 4 nitrogen and oxygen atoms in total. The third-order valence-electron chi connectivity index (χ3n) is 4.83. The normalized spacial score (nSPS) is 32.5. The van der Waals surface area contributed by atoms with Crippen LogP contribution in [0.4, 0.5) is 0 Å². The molecule has 0 unspecified atom stereocenters. The minimum atomic E-state index is 0.172. The van der Waals surface area contributed by atoms with Gasteiger partial charge in [-0.3, -0.25) is 9.69 Å². The number of carbonyl (C=O) groups is 1. The fourth-order valence-electron chi connectivity index (χ4n) is 3.69. The summed E-state index contributed by atoms with van der Waals surface area (Å²) in [6, 6.07) is 0.797. The highest BCUT2D eigenvalue weighted by Gasteiger charge is 2.30. The Morgan fingerprint density at radius 3 is 2.79 bits per heavy atom. The topological polar surface area (TPSA) is 49.6 Å². The van der Waals surface area contributed by atoms with E-state index in [4.69, 9.17) is 5.73 Å². The van der Waals surface area contributed by atoms with Gasteiger partial charge in [-0.05, 0) is 45.2 Å². The molecule has 1 amide bonds. The SMILES string of the molecule is CCN1CCC[C@@H]1CN(C)C(=O)[C@@H]1CCC[C@@H](N)C1. The van der Waals surface area contributed by atoms with Gasteiger partial charge in [0.15, 0.2) is 0 Å². The van der Waals surface area contributed by atoms with E-state index in [-0.39, 0.29) is 12.0 Å². The molecule has 0 bridgehead atoms. The quantitative estimate of drug-likeness (QED) is 0.838. The predicted molar refractivity (Wildman–Crippen MR) is 77.8 cm³/mol. The van der Waals surface area contributed by atoms with E-state index in [2.05, 4.69) is 11.8 Å². The second kappa shape index (κ2) is 6.71. The molecule has 1 heterocycles. The molecule has 2 aliphatic rings. The number of likely N-dealkylation sites (tertiary alicyclic amines) is 1. The van der Waals surface area contributed by atoms with Crippen LogP contribution in [0, 0.1) is 5.92 Å². The molecule has 4 heteroatoms. The van der Waals surface area contributed by atoms with Gasteiger partial charge in [-0.15, -0.1) is 0 Å². The van der Waals surface area contributed by atoms with Crippen LogP contribution < -0.4 is 5.73 Å². The van der Waals surface area contributed by atoms with E-state index < -0.39 is 0 Å². The first-order valence-electron chi connectivity index (χ1n) is 7.86. The van der Waals surface area contributed by atoms with Gasteiger partial charge in [0.05, 0.1) is 0 Å². The molecule has 3 atom stereocenters. The van der Waals surface area contributed by atoms with Crippen molar-refractivity contribution in [3.8, 4) is 0 Å². The van der Waals surface area contributed by atoms with E-state index >= 15 is 0 Å². The minimum absolute atomic E-state index is 0.172. The maximum atomic E-state index is 12.5. The van der Waals surface area contributed by atoms with Crippen LogP contribution in [0.2, 0.25) is 0 Å². The van der Waals surface area contributed by atoms with Crippen LogP contribution in [0.15, 0.2) is 0 Å². The Morgan fingerprint density at radius 1 is 1.32 bits per heavy atom. The molecule has 0 aromatic rings. The maximum Gasteiger partial charge on any atom is 0.225 e. The summed E-state index contributed by atoms with van der Waals surface area (Å²) in [5.41, 5.74) is 5.99. The Balaban J connectivity index is 1.84. The van der Waals surface area contributed by atoms with Crippen molar-refractivity contribution in [2.45, 2.75) is 57.5 Å². The van der Waals surface area contributed by atoms with Gasteiger partial charge in [0.1, 0.15) is 0 Å². The van der Waals surface area contributed by atoms with Gasteiger partial charge in [-0.1, -0.05) is 13.3 Å². The van der Waals surface area contributed by atoms with Crippen molar-refractivity contribution in [3.63, 3.8) is 0 Å². The van der Waals surface area contributed by atoms with Crippen molar-refractivity contribution >= 4 is 5.91 Å². The smallest absolute Gasteiger partial charge is 0.225 e. The number of hydrogen-bond donors (Lipinski definition) is 1. The number of nitrogens with two attached hydrogens (primary N) is 1. The van der Waals surface area contributed by atoms with Gasteiger partial charge in [-0.2, -0.15) is 0 Å². The van der Waals surface area contributed by atoms with Crippen LogP contribution in [0.5, 0.6) is 0 Å². The lowest BCUT2D eigenvalue weighted by Gasteiger charge is -2.32. The molecule has 1 aliphatic heterocycles. The van der Waals surface area contributed by atoms with Crippen LogP contribution in [-0.2, 0) is 4.79 Å². The number of rotatable bonds is 4. The maximum absolute atomic E-state index is 12.5. The summed E-state index contributed by atoms with van der Waals surface area (Å²) in [6.07, 6.45) is 6.60. The summed E-state index contributed by atoms with van der Waals surface area (Å²) in [4.78, 5) is 16.9. The zero-order chi connectivity index (χ0) is 13.8. The van der Waals surface area contributed by atoms with E-state index in [1.807, 2.05) is 11.9 Å². The molecule has 0 aromatic heterocycles. The lowest BCUT2D eigenvalue weighted by atomic mass is 9.85. The molecule has 2 N–H and O–H groups in total. The van der Waals surface area contributed by atoms with E-state index in [0.29, 0.717) is 11.9 Å². The van der Waals surface area contributed by atoms with Crippen molar-refractivity contribution in [1.29, 1.82) is 0 Å². The number of nitrogens with zero attached hydrogens (tertiary/aromatic N) is 2. The Hall–Kier alpha value is -0.610. The van der Waals surface area contributed by atoms with E-state index in [0.717, 1.165) is 38.8 Å². The first-order valence-corrected chi connectivity index (χ1v) is 7.86. The molecule has 2 fully saturated rings. The first kappa shape index (κ1) is 14.8. The predicted octanol–water partition coefficient (Wildman–Crippen LogP) is 1.45. The summed E-state index contributed by atoms with van der Waals surface area (Å²) in [6.45, 7) is 5.39. The third-order valence-corrected chi connectivity index (χ3v) is 4.83. The minimum Gasteiger partial charge on any atom is -0.344 e. The molecule has 0 aromatic carbocycles. The zero-order valence-electron chi connectivity index (χ0n) is 12.5. The van der Waals surface area contributed by atoms with Crippen molar-refractivity contribution in [3.05, 3.63) is 0 Å². The summed E-state index contributed by atoms with van der Waals surface area (Å²) in [5, 5.41) is 0. The lowest BCUT2D eigenvalue weighted by molar-refractivity contribution is -0.136. The highest BCUT2D eigenvalue weighted by molar-refractivity contribution is 5.78. The molecular weight excluding hydrogens is 238 g/mol. The molecule has 0 spiro atoms. The van der Waals surface area contributed by atoms with E-state index in [1.165, 1.54) is 19.4 Å². The molecule has 1 saturated carbocycles. The average molecular weight is 267 g/mol. The van der Waals surface area contributed by atoms with Crippen LogP contribution in [-0.4, -0.2) is 54.5 Å². The third kappa shape index (κ3) is 3.69. The summed E-state index contributed by atoms with van der Waals surface area (Å²) in [5.74, 6) is 0.489. The molecule has 2 rings (SSSR count). The lowest BCUT2D eigenvalue weighted by Crippen LogP contribution is -2.44. The highest BCUT2D eigenvalue weighted by Crippen LogP contribution is 2.25. The molecular formula is C15H29N3O. The fraction of sp³-hybridized carbons (Fsp3) is 0.933. The first-order chi connectivity index (χ1) is 9.11. The Labute approximate surface area is 117 Å². The monoisotopic (exact) mass is 267 g/mol. The van der Waals surface area contributed by atoms with Crippen LogP contribution >= 0.6 is 0 Å². The summed E-state index contributed by atoms with van der Waals surface area (Å²) >= 11 is 0. The van der Waals surface area contributed by atoms with Gasteiger partial charge >= 0.3 is 0 Å². The largest absolute Gasteiger partial charge is 0.344 e. The molecule has 1 aliphatic carbocycles. The van der Waals surface area contributed by atoms with Crippen LogP contribution in [0.25, 0.3) is 0 Å². The van der Waals surface area contributed by atoms with Crippen molar-refractivity contribution in [2.24, 2.45) is 11.7 Å². The van der Waals surface area contributed by atoms with Crippen LogP contribution in [0.1, 0.15) is 45.4 Å². The number of likely N-dealkylation sites (N-methyl/N-ethyl adjacent to an activating group) is 2. The van der Waals surface area contributed by atoms with Gasteiger partial charge in [0.2, 0.25) is 5.91 Å². The van der Waals surface area contributed by atoms with Gasteiger partial charge in [-0.25, -0.2) is 0 Å². The molecule has 0 radical (unpaired) electrons. The molecule has 110 valence electrons.